The third-order valence-corrected chi connectivity index (χ3v) is 5.77. The summed E-state index contributed by atoms with van der Waals surface area (Å²) in [6, 6.07) is 13.3. The molecule has 0 unspecified atom stereocenters. The van der Waals surface area contributed by atoms with E-state index in [1.807, 2.05) is 6.92 Å². The van der Waals surface area contributed by atoms with Crippen LogP contribution in [-0.4, -0.2) is 19.3 Å². The minimum Gasteiger partial charge on any atom is -0.302 e. The van der Waals surface area contributed by atoms with E-state index in [0.29, 0.717) is 22.8 Å². The molecule has 0 aliphatic carbocycles. The van der Waals surface area contributed by atoms with Gasteiger partial charge < -0.3 is 5.32 Å². The Morgan fingerprint density at radius 1 is 1.16 bits per heavy atom. The zero-order chi connectivity index (χ0) is 17.9. The number of carbonyl (C=O) groups excluding carboxylic acids is 1. The molecule has 130 valence electrons. The van der Waals surface area contributed by atoms with Crippen molar-refractivity contribution in [3.63, 3.8) is 0 Å². The molecular weight excluding hydrogens is 358 g/mol. The highest BCUT2D eigenvalue weighted by Gasteiger charge is 2.14. The van der Waals surface area contributed by atoms with Gasteiger partial charge in [0.05, 0.1) is 20.8 Å². The average Bonchev–Trinajstić information content (AvgIpc) is 2.97. The van der Waals surface area contributed by atoms with E-state index in [1.54, 1.807) is 36.4 Å². The molecule has 1 aromatic heterocycles. The first-order chi connectivity index (χ1) is 12.0. The summed E-state index contributed by atoms with van der Waals surface area (Å²) in [6.45, 7) is 1.93. The van der Waals surface area contributed by atoms with Gasteiger partial charge in [0.2, 0.25) is 5.91 Å². The lowest BCUT2D eigenvalue weighted by Gasteiger charge is -2.07. The molecule has 0 fully saturated rings. The number of nitrogens with zero attached hydrogens (tertiary/aromatic N) is 1. The van der Waals surface area contributed by atoms with Crippen LogP contribution in [-0.2, 0) is 14.8 Å². The molecule has 0 aliphatic heterocycles. The minimum atomic E-state index is -3.65. The normalized spacial score (nSPS) is 11.4. The molecule has 0 bridgehead atoms. The van der Waals surface area contributed by atoms with Crippen molar-refractivity contribution in [2.24, 2.45) is 0 Å². The van der Waals surface area contributed by atoms with E-state index < -0.39 is 10.0 Å². The van der Waals surface area contributed by atoms with E-state index >= 15 is 0 Å². The second-order valence-corrected chi connectivity index (χ2v) is 8.13. The Labute approximate surface area is 150 Å². The van der Waals surface area contributed by atoms with E-state index in [0.717, 1.165) is 11.1 Å². The Morgan fingerprint density at radius 3 is 2.64 bits per heavy atom. The van der Waals surface area contributed by atoms with E-state index in [4.69, 9.17) is 0 Å². The van der Waals surface area contributed by atoms with Crippen molar-refractivity contribution in [3.8, 4) is 0 Å². The highest BCUT2D eigenvalue weighted by Crippen LogP contribution is 2.29. The molecule has 25 heavy (non-hydrogen) atoms. The fourth-order valence-electron chi connectivity index (χ4n) is 2.27. The lowest BCUT2D eigenvalue weighted by atomic mass is 10.3. The molecule has 0 saturated carbocycles. The largest absolute Gasteiger partial charge is 0.302 e. The molecule has 0 radical (unpaired) electrons. The summed E-state index contributed by atoms with van der Waals surface area (Å²) in [7, 11) is -3.65. The molecule has 0 saturated heterocycles. The van der Waals surface area contributed by atoms with Crippen LogP contribution < -0.4 is 10.0 Å². The van der Waals surface area contributed by atoms with Gasteiger partial charge >= 0.3 is 0 Å². The van der Waals surface area contributed by atoms with Crippen LogP contribution in [0.25, 0.3) is 10.2 Å². The smallest absolute Gasteiger partial charge is 0.261 e. The quantitative estimate of drug-likeness (QED) is 0.685. The molecule has 0 aliphatic rings. The third kappa shape index (κ3) is 4.15. The van der Waals surface area contributed by atoms with Gasteiger partial charge in [-0.15, -0.1) is 0 Å². The number of thiazole rings is 1. The summed E-state index contributed by atoms with van der Waals surface area (Å²) in [6.07, 6.45) is 1.21. The van der Waals surface area contributed by atoms with Gasteiger partial charge in [-0.3, -0.25) is 9.52 Å². The number of sulfonamides is 1. The lowest BCUT2D eigenvalue weighted by Crippen LogP contribution is -2.12. The fourth-order valence-corrected chi connectivity index (χ4v) is 4.20. The van der Waals surface area contributed by atoms with Gasteiger partial charge in [0, 0.05) is 6.42 Å². The number of benzene rings is 2. The molecule has 2 N–H and O–H groups in total. The number of hydrogen-bond acceptors (Lipinski definition) is 5. The minimum absolute atomic E-state index is 0.0773. The van der Waals surface area contributed by atoms with Crippen LogP contribution in [0.4, 0.5) is 10.8 Å². The third-order valence-electron chi connectivity index (χ3n) is 3.42. The average molecular weight is 375 g/mol. The van der Waals surface area contributed by atoms with Gasteiger partial charge in [0.25, 0.3) is 10.0 Å². The van der Waals surface area contributed by atoms with E-state index in [1.165, 1.54) is 23.5 Å². The topological polar surface area (TPSA) is 88.2 Å². The van der Waals surface area contributed by atoms with E-state index in [2.05, 4.69) is 15.0 Å². The highest BCUT2D eigenvalue weighted by molar-refractivity contribution is 7.92. The van der Waals surface area contributed by atoms with Crippen molar-refractivity contribution < 1.29 is 13.2 Å². The van der Waals surface area contributed by atoms with Crippen LogP contribution >= 0.6 is 11.3 Å². The van der Waals surface area contributed by atoms with Gasteiger partial charge in [-0.1, -0.05) is 36.5 Å². The summed E-state index contributed by atoms with van der Waals surface area (Å²) < 4.78 is 28.2. The van der Waals surface area contributed by atoms with Gasteiger partial charge in [-0.25, -0.2) is 13.4 Å². The maximum atomic E-state index is 12.4. The standard InChI is InChI=1S/C17H17N3O3S2/c1-2-6-16(21)19-17-18-14-11-12(9-10-15(14)24-17)20-25(22,23)13-7-4-3-5-8-13/h3-5,7-11,20H,2,6H2,1H3,(H,18,19,21). The van der Waals surface area contributed by atoms with Gasteiger partial charge in [0.1, 0.15) is 0 Å². The summed E-state index contributed by atoms with van der Waals surface area (Å²) in [5.41, 5.74) is 1.05. The summed E-state index contributed by atoms with van der Waals surface area (Å²) in [4.78, 5) is 16.2. The Kier molecular flexibility index (Phi) is 5.00. The Bertz CT molecular complexity index is 998. The second-order valence-electron chi connectivity index (χ2n) is 5.42. The maximum absolute atomic E-state index is 12.4. The van der Waals surface area contributed by atoms with Gasteiger partial charge in [-0.2, -0.15) is 0 Å². The first-order valence-corrected chi connectivity index (χ1v) is 10.1. The van der Waals surface area contributed by atoms with Crippen molar-refractivity contribution in [2.75, 3.05) is 10.0 Å². The molecule has 2 aromatic carbocycles. The summed E-state index contributed by atoms with van der Waals surface area (Å²) in [5.74, 6) is -0.0773. The molecule has 8 heteroatoms. The summed E-state index contributed by atoms with van der Waals surface area (Å²) in [5, 5.41) is 3.27. The van der Waals surface area contributed by atoms with Gasteiger partial charge in [0.15, 0.2) is 5.13 Å². The Morgan fingerprint density at radius 2 is 1.92 bits per heavy atom. The van der Waals surface area contributed by atoms with Crippen molar-refractivity contribution in [1.82, 2.24) is 4.98 Å². The molecule has 6 nitrogen and oxygen atoms in total. The van der Waals surface area contributed by atoms with E-state index in [9.17, 15) is 13.2 Å². The van der Waals surface area contributed by atoms with E-state index in [-0.39, 0.29) is 10.8 Å². The van der Waals surface area contributed by atoms with Crippen LogP contribution in [0.2, 0.25) is 0 Å². The van der Waals surface area contributed by atoms with Crippen molar-refractivity contribution in [2.45, 2.75) is 24.7 Å². The number of rotatable bonds is 6. The predicted molar refractivity (Wildman–Crippen MR) is 100 cm³/mol. The predicted octanol–water partition coefficient (Wildman–Crippen LogP) is 3.84. The fraction of sp³-hybridized carbons (Fsp3) is 0.176. The molecule has 0 spiro atoms. The number of anilines is 2. The van der Waals surface area contributed by atoms with Gasteiger partial charge in [-0.05, 0) is 36.8 Å². The molecule has 0 atom stereocenters. The first-order valence-electron chi connectivity index (χ1n) is 7.76. The maximum Gasteiger partial charge on any atom is 0.261 e. The van der Waals surface area contributed by atoms with Crippen LogP contribution in [0.1, 0.15) is 19.8 Å². The van der Waals surface area contributed by atoms with Crippen molar-refractivity contribution in [3.05, 3.63) is 48.5 Å². The Balaban J connectivity index is 1.83. The second kappa shape index (κ2) is 7.20. The summed E-state index contributed by atoms with van der Waals surface area (Å²) >= 11 is 1.35. The molecule has 3 aromatic rings. The van der Waals surface area contributed by atoms with Crippen LogP contribution in [0.5, 0.6) is 0 Å². The van der Waals surface area contributed by atoms with Crippen molar-refractivity contribution >= 4 is 48.3 Å². The molecule has 1 amide bonds. The van der Waals surface area contributed by atoms with Crippen LogP contribution in [0.3, 0.4) is 0 Å². The zero-order valence-corrected chi connectivity index (χ0v) is 15.2. The number of carbonyl (C=O) groups is 1. The number of fused-ring (bicyclic) bond motifs is 1. The molecule has 1 heterocycles. The number of hydrogen-bond donors (Lipinski definition) is 2. The molecule has 3 rings (SSSR count). The van der Waals surface area contributed by atoms with Crippen molar-refractivity contribution in [1.29, 1.82) is 0 Å². The lowest BCUT2D eigenvalue weighted by molar-refractivity contribution is -0.116. The molecular formula is C17H17N3O3S2. The number of nitrogens with one attached hydrogen (secondary N) is 2. The monoisotopic (exact) mass is 375 g/mol. The zero-order valence-electron chi connectivity index (χ0n) is 13.5. The Hall–Kier alpha value is -2.45. The SMILES string of the molecule is CCCC(=O)Nc1nc2cc(NS(=O)(=O)c3ccccc3)ccc2s1. The first kappa shape index (κ1) is 17.4. The van der Waals surface area contributed by atoms with Crippen LogP contribution in [0, 0.1) is 0 Å². The highest BCUT2D eigenvalue weighted by atomic mass is 32.2. The number of aromatic nitrogens is 1. The number of amides is 1. The van der Waals surface area contributed by atoms with Crippen LogP contribution in [0.15, 0.2) is 53.4 Å².